The number of aliphatic hydroxyl groups is 1. The van der Waals surface area contributed by atoms with Crippen molar-refractivity contribution in [1.29, 1.82) is 0 Å². The molecule has 2 N–H and O–H groups in total. The zero-order valence-electron chi connectivity index (χ0n) is 17.2. The summed E-state index contributed by atoms with van der Waals surface area (Å²) in [5.74, 6) is 1.35. The number of nitrogens with zero attached hydrogens (tertiary/aromatic N) is 4. The summed E-state index contributed by atoms with van der Waals surface area (Å²) in [4.78, 5) is 14.1. The van der Waals surface area contributed by atoms with Crippen LogP contribution in [0.15, 0.2) is 18.6 Å². The van der Waals surface area contributed by atoms with Gasteiger partial charge in [-0.2, -0.15) is 0 Å². The number of hydrogen-bond acceptors (Lipinski definition) is 6. The number of sulfonamides is 1. The van der Waals surface area contributed by atoms with Gasteiger partial charge in [-0.15, -0.1) is 0 Å². The number of aromatic nitrogens is 3. The molecule has 0 amide bonds. The fraction of sp³-hybridized carbons (Fsp3) is 0.700. The zero-order valence-corrected chi connectivity index (χ0v) is 18.0. The van der Waals surface area contributed by atoms with E-state index in [1.165, 1.54) is 0 Å². The molecule has 160 valence electrons. The zero-order chi connectivity index (χ0) is 20.6. The van der Waals surface area contributed by atoms with Crippen molar-refractivity contribution in [3.63, 3.8) is 0 Å². The van der Waals surface area contributed by atoms with Gasteiger partial charge >= 0.3 is 0 Å². The lowest BCUT2D eigenvalue weighted by Crippen LogP contribution is -2.47. The van der Waals surface area contributed by atoms with Crippen LogP contribution >= 0.6 is 0 Å². The molecule has 0 unspecified atom stereocenters. The summed E-state index contributed by atoms with van der Waals surface area (Å²) in [6.45, 7) is 2.63. The van der Waals surface area contributed by atoms with E-state index in [4.69, 9.17) is 0 Å². The molecule has 9 heteroatoms. The quantitative estimate of drug-likeness (QED) is 0.767. The van der Waals surface area contributed by atoms with E-state index < -0.39 is 15.6 Å². The minimum atomic E-state index is -3.26. The van der Waals surface area contributed by atoms with Crippen LogP contribution < -0.4 is 4.90 Å². The van der Waals surface area contributed by atoms with E-state index in [1.807, 2.05) is 12.3 Å². The van der Waals surface area contributed by atoms with Crippen molar-refractivity contribution in [2.75, 3.05) is 30.8 Å². The number of rotatable bonds is 5. The Kier molecular flexibility index (Phi) is 5.56. The minimum Gasteiger partial charge on any atom is -0.390 e. The fourth-order valence-electron chi connectivity index (χ4n) is 4.66. The van der Waals surface area contributed by atoms with Gasteiger partial charge in [-0.1, -0.05) is 0 Å². The maximum Gasteiger partial charge on any atom is 0.214 e. The van der Waals surface area contributed by atoms with Gasteiger partial charge in [0.2, 0.25) is 10.0 Å². The third-order valence-corrected chi connectivity index (χ3v) is 8.71. The van der Waals surface area contributed by atoms with Crippen LogP contribution in [0.4, 0.5) is 5.82 Å². The van der Waals surface area contributed by atoms with E-state index in [0.717, 1.165) is 42.5 Å². The van der Waals surface area contributed by atoms with Crippen molar-refractivity contribution in [3.05, 3.63) is 18.6 Å². The highest BCUT2D eigenvalue weighted by Gasteiger charge is 2.35. The Hall–Kier alpha value is -1.71. The molecule has 0 bridgehead atoms. The normalized spacial score (nSPS) is 25.9. The molecule has 3 heterocycles. The second-order valence-corrected chi connectivity index (χ2v) is 10.9. The van der Waals surface area contributed by atoms with E-state index in [9.17, 15) is 13.5 Å². The number of H-pyrrole nitrogens is 1. The molecule has 1 aliphatic carbocycles. The Morgan fingerprint density at radius 2 is 1.93 bits per heavy atom. The third kappa shape index (κ3) is 4.41. The summed E-state index contributed by atoms with van der Waals surface area (Å²) >= 11 is 0. The van der Waals surface area contributed by atoms with Gasteiger partial charge in [0.25, 0.3) is 0 Å². The second kappa shape index (κ2) is 7.85. The number of nitrogens with one attached hydrogen (secondary N) is 1. The summed E-state index contributed by atoms with van der Waals surface area (Å²) in [7, 11) is -1.19. The highest BCUT2D eigenvalue weighted by atomic mass is 32.2. The van der Waals surface area contributed by atoms with Crippen molar-refractivity contribution < 1.29 is 13.5 Å². The maximum absolute atomic E-state index is 12.8. The van der Waals surface area contributed by atoms with E-state index in [0.29, 0.717) is 32.0 Å². The SMILES string of the molecule is CN(c1ncnc2[nH]ccc12)C1CCC(CS(=O)(=O)N2CCC(C)(O)CC2)CC1. The number of anilines is 1. The molecular formula is C20H31N5O3S. The number of aromatic amines is 1. The topological polar surface area (TPSA) is 102 Å². The van der Waals surface area contributed by atoms with Crippen molar-refractivity contribution in [1.82, 2.24) is 19.3 Å². The smallest absolute Gasteiger partial charge is 0.214 e. The van der Waals surface area contributed by atoms with Gasteiger partial charge in [-0.3, -0.25) is 0 Å². The molecule has 1 saturated carbocycles. The average Bonchev–Trinajstić information content (AvgIpc) is 3.16. The summed E-state index contributed by atoms with van der Waals surface area (Å²) < 4.78 is 27.2. The van der Waals surface area contributed by atoms with E-state index in [2.05, 4.69) is 26.9 Å². The molecule has 8 nitrogen and oxygen atoms in total. The lowest BCUT2D eigenvalue weighted by atomic mass is 9.86. The Morgan fingerprint density at radius 3 is 2.62 bits per heavy atom. The molecule has 4 rings (SSSR count). The van der Waals surface area contributed by atoms with Crippen molar-refractivity contribution >= 4 is 26.9 Å². The first kappa shape index (κ1) is 20.6. The highest BCUT2D eigenvalue weighted by Crippen LogP contribution is 2.33. The summed E-state index contributed by atoms with van der Waals surface area (Å²) in [5, 5.41) is 11.1. The molecule has 2 fully saturated rings. The highest BCUT2D eigenvalue weighted by molar-refractivity contribution is 7.89. The number of fused-ring (bicyclic) bond motifs is 1. The number of piperidine rings is 1. The van der Waals surface area contributed by atoms with Gasteiger partial charge in [0.15, 0.2) is 0 Å². The van der Waals surface area contributed by atoms with Crippen LogP contribution in [0.5, 0.6) is 0 Å². The van der Waals surface area contributed by atoms with Crippen molar-refractivity contribution in [2.24, 2.45) is 5.92 Å². The molecule has 29 heavy (non-hydrogen) atoms. The van der Waals surface area contributed by atoms with Gasteiger partial charge in [0.1, 0.15) is 17.8 Å². The van der Waals surface area contributed by atoms with Gasteiger partial charge in [0, 0.05) is 32.4 Å². The van der Waals surface area contributed by atoms with Gasteiger partial charge in [-0.05, 0) is 57.4 Å². The monoisotopic (exact) mass is 421 g/mol. The second-order valence-electron chi connectivity index (χ2n) is 8.90. The summed E-state index contributed by atoms with van der Waals surface area (Å²) in [6, 6.07) is 2.35. The van der Waals surface area contributed by atoms with Crippen LogP contribution in [0.3, 0.4) is 0 Å². The van der Waals surface area contributed by atoms with Crippen LogP contribution in [0.2, 0.25) is 0 Å². The van der Waals surface area contributed by atoms with E-state index in [1.54, 1.807) is 17.6 Å². The molecule has 0 spiro atoms. The van der Waals surface area contributed by atoms with Crippen LogP contribution in [-0.4, -0.2) is 70.3 Å². The molecule has 2 aromatic heterocycles. The summed E-state index contributed by atoms with van der Waals surface area (Å²) in [5.41, 5.74) is 0.0997. The first-order valence-electron chi connectivity index (χ1n) is 10.5. The molecule has 1 aliphatic heterocycles. The van der Waals surface area contributed by atoms with Gasteiger partial charge < -0.3 is 15.0 Å². The van der Waals surface area contributed by atoms with Crippen molar-refractivity contribution in [3.8, 4) is 0 Å². The largest absolute Gasteiger partial charge is 0.390 e. The molecule has 0 atom stereocenters. The Labute approximate surface area is 172 Å². The molecule has 0 radical (unpaired) electrons. The lowest BCUT2D eigenvalue weighted by Gasteiger charge is -2.38. The fourth-order valence-corrected chi connectivity index (χ4v) is 6.54. The van der Waals surface area contributed by atoms with Crippen molar-refractivity contribution in [2.45, 2.75) is 57.1 Å². The van der Waals surface area contributed by atoms with E-state index >= 15 is 0 Å². The first-order valence-corrected chi connectivity index (χ1v) is 12.1. The minimum absolute atomic E-state index is 0.199. The number of hydrogen-bond donors (Lipinski definition) is 2. The van der Waals surface area contributed by atoms with Crippen LogP contribution in [0.25, 0.3) is 11.0 Å². The predicted octanol–water partition coefficient (Wildman–Crippen LogP) is 2.13. The maximum atomic E-state index is 12.8. The summed E-state index contributed by atoms with van der Waals surface area (Å²) in [6.07, 6.45) is 8.20. The molecule has 1 saturated heterocycles. The molecular weight excluding hydrogens is 390 g/mol. The lowest BCUT2D eigenvalue weighted by molar-refractivity contribution is 0.0125. The van der Waals surface area contributed by atoms with Gasteiger partial charge in [0.05, 0.1) is 16.7 Å². The van der Waals surface area contributed by atoms with E-state index in [-0.39, 0.29) is 11.7 Å². The van der Waals surface area contributed by atoms with Crippen LogP contribution in [-0.2, 0) is 10.0 Å². The first-order chi connectivity index (χ1) is 13.8. The Bertz CT molecular complexity index is 940. The van der Waals surface area contributed by atoms with Crippen LogP contribution in [0.1, 0.15) is 45.4 Å². The van der Waals surface area contributed by atoms with Gasteiger partial charge in [-0.25, -0.2) is 22.7 Å². The Morgan fingerprint density at radius 1 is 1.24 bits per heavy atom. The van der Waals surface area contributed by atoms with Crippen LogP contribution in [0, 0.1) is 5.92 Å². The molecule has 2 aliphatic rings. The Balaban J connectivity index is 1.34. The standard InChI is InChI=1S/C20H31N5O3S/c1-20(26)8-11-25(12-9-20)29(27,28)13-15-3-5-16(6-4-15)24(2)19-17-7-10-21-18(17)22-14-23-19/h7,10,14-16,26H,3-6,8-9,11-13H2,1-2H3,(H,21,22,23). The predicted molar refractivity (Wildman–Crippen MR) is 113 cm³/mol. The average molecular weight is 422 g/mol. The molecule has 2 aromatic rings. The third-order valence-electron chi connectivity index (χ3n) is 6.67. The molecule has 0 aromatic carbocycles.